The van der Waals surface area contributed by atoms with Crippen molar-refractivity contribution in [2.45, 2.75) is 20.0 Å². The SMILES string of the molecule is Cc1cc(OC2COC2)c(C(=O)O)c(C)n1. The van der Waals surface area contributed by atoms with Gasteiger partial charge in [0.2, 0.25) is 0 Å². The Labute approximate surface area is 93.0 Å². The average Bonchev–Trinajstić information content (AvgIpc) is 2.09. The van der Waals surface area contributed by atoms with E-state index in [0.717, 1.165) is 5.69 Å². The van der Waals surface area contributed by atoms with Gasteiger partial charge in [0.25, 0.3) is 0 Å². The van der Waals surface area contributed by atoms with Crippen LogP contribution in [0.15, 0.2) is 6.07 Å². The molecule has 2 heterocycles. The lowest BCUT2D eigenvalue weighted by Gasteiger charge is -2.27. The Morgan fingerprint density at radius 3 is 2.75 bits per heavy atom. The summed E-state index contributed by atoms with van der Waals surface area (Å²) < 4.78 is 10.5. The van der Waals surface area contributed by atoms with Gasteiger partial charge in [0.05, 0.1) is 18.9 Å². The van der Waals surface area contributed by atoms with Gasteiger partial charge >= 0.3 is 5.97 Å². The Balaban J connectivity index is 2.35. The molecule has 5 nitrogen and oxygen atoms in total. The molecule has 16 heavy (non-hydrogen) atoms. The second kappa shape index (κ2) is 4.09. The zero-order valence-electron chi connectivity index (χ0n) is 9.19. The first-order chi connectivity index (χ1) is 7.58. The fourth-order valence-corrected chi connectivity index (χ4v) is 1.61. The summed E-state index contributed by atoms with van der Waals surface area (Å²) in [5, 5.41) is 9.09. The van der Waals surface area contributed by atoms with E-state index in [2.05, 4.69) is 4.98 Å². The summed E-state index contributed by atoms with van der Waals surface area (Å²) in [5.41, 5.74) is 1.36. The summed E-state index contributed by atoms with van der Waals surface area (Å²) in [4.78, 5) is 15.2. The number of carbonyl (C=O) groups is 1. The summed E-state index contributed by atoms with van der Waals surface area (Å²) in [6.07, 6.45) is -0.0423. The van der Waals surface area contributed by atoms with Crippen LogP contribution in [0, 0.1) is 13.8 Å². The minimum absolute atomic E-state index is 0.0423. The highest BCUT2D eigenvalue weighted by Crippen LogP contribution is 2.24. The number of carboxylic acid groups (broad SMARTS) is 1. The number of hydrogen-bond donors (Lipinski definition) is 1. The Morgan fingerprint density at radius 2 is 2.25 bits per heavy atom. The summed E-state index contributed by atoms with van der Waals surface area (Å²) in [6.45, 7) is 4.50. The Morgan fingerprint density at radius 1 is 1.56 bits per heavy atom. The number of nitrogens with zero attached hydrogens (tertiary/aromatic N) is 1. The molecule has 0 amide bonds. The fraction of sp³-hybridized carbons (Fsp3) is 0.455. The van der Waals surface area contributed by atoms with Gasteiger partial charge in [-0.15, -0.1) is 0 Å². The van der Waals surface area contributed by atoms with E-state index in [9.17, 15) is 4.79 Å². The summed E-state index contributed by atoms with van der Waals surface area (Å²) in [6, 6.07) is 1.65. The van der Waals surface area contributed by atoms with Crippen LogP contribution in [-0.4, -0.2) is 35.4 Å². The molecule has 1 aliphatic rings. The first-order valence-corrected chi connectivity index (χ1v) is 5.04. The molecule has 1 saturated heterocycles. The largest absolute Gasteiger partial charge is 0.485 e. The number of pyridine rings is 1. The average molecular weight is 223 g/mol. The molecule has 86 valence electrons. The third kappa shape index (κ3) is 1.99. The Kier molecular flexibility index (Phi) is 2.78. The van der Waals surface area contributed by atoms with E-state index in [1.165, 1.54) is 0 Å². The van der Waals surface area contributed by atoms with Crippen molar-refractivity contribution < 1.29 is 19.4 Å². The second-order valence-corrected chi connectivity index (χ2v) is 3.80. The van der Waals surface area contributed by atoms with Gasteiger partial charge in [-0.3, -0.25) is 4.98 Å². The van der Waals surface area contributed by atoms with Crippen molar-refractivity contribution in [2.24, 2.45) is 0 Å². The minimum atomic E-state index is -1.01. The Hall–Kier alpha value is -1.62. The van der Waals surface area contributed by atoms with Crippen molar-refractivity contribution in [3.63, 3.8) is 0 Å². The van der Waals surface area contributed by atoms with Crippen molar-refractivity contribution in [1.82, 2.24) is 4.98 Å². The molecule has 0 saturated carbocycles. The number of carboxylic acids is 1. The molecular weight excluding hydrogens is 210 g/mol. The molecule has 0 atom stereocenters. The molecule has 0 bridgehead atoms. The predicted octanol–water partition coefficient (Wildman–Crippen LogP) is 1.17. The number of hydrogen-bond acceptors (Lipinski definition) is 4. The zero-order valence-corrected chi connectivity index (χ0v) is 9.19. The van der Waals surface area contributed by atoms with E-state index in [-0.39, 0.29) is 11.7 Å². The number of ether oxygens (including phenoxy) is 2. The second-order valence-electron chi connectivity index (χ2n) is 3.80. The molecule has 5 heteroatoms. The number of rotatable bonds is 3. The number of aromatic carboxylic acids is 1. The van der Waals surface area contributed by atoms with Gasteiger partial charge in [-0.1, -0.05) is 0 Å². The van der Waals surface area contributed by atoms with Crippen molar-refractivity contribution in [2.75, 3.05) is 13.2 Å². The van der Waals surface area contributed by atoms with E-state index in [0.29, 0.717) is 24.7 Å². The number of aromatic nitrogens is 1. The topological polar surface area (TPSA) is 68.7 Å². The Bertz CT molecular complexity index is 426. The molecule has 0 aliphatic carbocycles. The normalized spacial score (nSPS) is 15.6. The van der Waals surface area contributed by atoms with Gasteiger partial charge in [-0.25, -0.2) is 4.79 Å². The minimum Gasteiger partial charge on any atom is -0.485 e. The van der Waals surface area contributed by atoms with E-state index in [4.69, 9.17) is 14.6 Å². The van der Waals surface area contributed by atoms with Crippen LogP contribution in [0.2, 0.25) is 0 Å². The smallest absolute Gasteiger partial charge is 0.341 e. The molecule has 1 aliphatic heterocycles. The maximum atomic E-state index is 11.1. The molecule has 0 aromatic carbocycles. The molecule has 0 unspecified atom stereocenters. The van der Waals surface area contributed by atoms with Crippen LogP contribution >= 0.6 is 0 Å². The van der Waals surface area contributed by atoms with Crippen molar-refractivity contribution in [3.8, 4) is 5.75 Å². The summed E-state index contributed by atoms with van der Waals surface area (Å²) in [5.74, 6) is -0.633. The fourth-order valence-electron chi connectivity index (χ4n) is 1.61. The first-order valence-electron chi connectivity index (χ1n) is 5.04. The molecule has 2 rings (SSSR count). The van der Waals surface area contributed by atoms with Crippen LogP contribution in [0.1, 0.15) is 21.7 Å². The van der Waals surface area contributed by atoms with Crippen LogP contribution in [0.25, 0.3) is 0 Å². The summed E-state index contributed by atoms with van der Waals surface area (Å²) >= 11 is 0. The molecular formula is C11H13NO4. The van der Waals surface area contributed by atoms with E-state index < -0.39 is 5.97 Å². The van der Waals surface area contributed by atoms with Crippen molar-refractivity contribution in [1.29, 1.82) is 0 Å². The standard InChI is InChI=1S/C11H13NO4/c1-6-3-9(16-8-4-15-5-8)10(11(13)14)7(2)12-6/h3,8H,4-5H2,1-2H3,(H,13,14). The lowest BCUT2D eigenvalue weighted by molar-refractivity contribution is -0.0800. The van der Waals surface area contributed by atoms with Gasteiger partial charge in [0.1, 0.15) is 17.4 Å². The molecule has 0 spiro atoms. The monoisotopic (exact) mass is 223 g/mol. The highest BCUT2D eigenvalue weighted by Gasteiger charge is 2.24. The van der Waals surface area contributed by atoms with Gasteiger partial charge < -0.3 is 14.6 Å². The molecule has 1 N–H and O–H groups in total. The quantitative estimate of drug-likeness (QED) is 0.833. The van der Waals surface area contributed by atoms with E-state index in [1.807, 2.05) is 6.92 Å². The van der Waals surface area contributed by atoms with Crippen LogP contribution in [-0.2, 0) is 4.74 Å². The third-order valence-electron chi connectivity index (χ3n) is 2.41. The lowest BCUT2D eigenvalue weighted by atomic mass is 10.1. The van der Waals surface area contributed by atoms with Gasteiger partial charge in [-0.05, 0) is 13.8 Å². The molecule has 1 aromatic heterocycles. The maximum absolute atomic E-state index is 11.1. The van der Waals surface area contributed by atoms with Crippen LogP contribution in [0.4, 0.5) is 0 Å². The maximum Gasteiger partial charge on any atom is 0.341 e. The predicted molar refractivity (Wildman–Crippen MR) is 55.9 cm³/mol. The highest BCUT2D eigenvalue weighted by atomic mass is 16.6. The van der Waals surface area contributed by atoms with Crippen LogP contribution in [0.3, 0.4) is 0 Å². The van der Waals surface area contributed by atoms with Crippen molar-refractivity contribution in [3.05, 3.63) is 23.0 Å². The van der Waals surface area contributed by atoms with Crippen LogP contribution in [0.5, 0.6) is 5.75 Å². The molecule has 1 aromatic rings. The zero-order chi connectivity index (χ0) is 11.7. The summed E-state index contributed by atoms with van der Waals surface area (Å²) in [7, 11) is 0. The number of aryl methyl sites for hydroxylation is 2. The van der Waals surface area contributed by atoms with E-state index in [1.54, 1.807) is 13.0 Å². The third-order valence-corrected chi connectivity index (χ3v) is 2.41. The molecule has 0 radical (unpaired) electrons. The van der Waals surface area contributed by atoms with Gasteiger partial charge in [-0.2, -0.15) is 0 Å². The first kappa shape index (κ1) is 10.9. The van der Waals surface area contributed by atoms with Crippen LogP contribution < -0.4 is 4.74 Å². The highest BCUT2D eigenvalue weighted by molar-refractivity contribution is 5.92. The van der Waals surface area contributed by atoms with E-state index >= 15 is 0 Å². The van der Waals surface area contributed by atoms with Gasteiger partial charge in [0.15, 0.2) is 0 Å². The van der Waals surface area contributed by atoms with Gasteiger partial charge in [0, 0.05) is 11.8 Å². The molecule has 1 fully saturated rings. The lowest BCUT2D eigenvalue weighted by Crippen LogP contribution is -2.39. The van der Waals surface area contributed by atoms with Crippen molar-refractivity contribution >= 4 is 5.97 Å².